The van der Waals surface area contributed by atoms with Crippen molar-refractivity contribution < 1.29 is 0 Å². The summed E-state index contributed by atoms with van der Waals surface area (Å²) < 4.78 is 3.87. The van der Waals surface area contributed by atoms with Gasteiger partial charge in [0.2, 0.25) is 0 Å². The first-order valence-corrected chi connectivity index (χ1v) is 8.68. The topological polar surface area (TPSA) is 55.6 Å². The summed E-state index contributed by atoms with van der Waals surface area (Å²) in [6, 6.07) is 1.99. The van der Waals surface area contributed by atoms with Crippen LogP contribution < -0.4 is 5.32 Å². The second-order valence-electron chi connectivity index (χ2n) is 4.79. The molecular formula is C14H19Br2N5. The summed E-state index contributed by atoms with van der Waals surface area (Å²) in [5, 5.41) is 11.8. The van der Waals surface area contributed by atoms with Gasteiger partial charge in [-0.1, -0.05) is 19.1 Å². The fourth-order valence-electron chi connectivity index (χ4n) is 2.14. The van der Waals surface area contributed by atoms with Crippen LogP contribution in [0, 0.1) is 0 Å². The van der Waals surface area contributed by atoms with E-state index in [1.165, 1.54) is 0 Å². The van der Waals surface area contributed by atoms with Crippen LogP contribution in [0.2, 0.25) is 0 Å². The molecule has 0 amide bonds. The van der Waals surface area contributed by atoms with Gasteiger partial charge in [-0.2, -0.15) is 0 Å². The van der Waals surface area contributed by atoms with Crippen LogP contribution in [0.4, 0.5) is 0 Å². The Balaban J connectivity index is 2.39. The minimum absolute atomic E-state index is 0.0195. The van der Waals surface area contributed by atoms with Crippen LogP contribution >= 0.6 is 31.9 Å². The van der Waals surface area contributed by atoms with E-state index in [1.54, 1.807) is 0 Å². The zero-order valence-corrected chi connectivity index (χ0v) is 15.4. The standard InChI is InChI=1S/C14H19Br2N5/c1-3-5-17-14(12-9-19-20-21(12)6-4-2)13-11(16)7-10(15)8-18-13/h7-9,14,17H,3-6H2,1-2H3. The number of aryl methyl sites for hydroxylation is 1. The number of pyridine rings is 1. The van der Waals surface area contributed by atoms with Gasteiger partial charge < -0.3 is 5.32 Å². The highest BCUT2D eigenvalue weighted by Crippen LogP contribution is 2.28. The summed E-state index contributed by atoms with van der Waals surface area (Å²) >= 11 is 7.05. The van der Waals surface area contributed by atoms with Crippen LogP contribution in [-0.2, 0) is 6.54 Å². The molecule has 1 atom stereocenters. The average molecular weight is 417 g/mol. The quantitative estimate of drug-likeness (QED) is 0.747. The van der Waals surface area contributed by atoms with Crippen LogP contribution in [0.25, 0.3) is 0 Å². The minimum Gasteiger partial charge on any atom is -0.304 e. The Morgan fingerprint density at radius 3 is 2.71 bits per heavy atom. The Morgan fingerprint density at radius 1 is 1.24 bits per heavy atom. The van der Waals surface area contributed by atoms with E-state index in [9.17, 15) is 0 Å². The molecule has 5 nitrogen and oxygen atoms in total. The lowest BCUT2D eigenvalue weighted by Crippen LogP contribution is -2.27. The molecule has 0 spiro atoms. The van der Waals surface area contributed by atoms with Gasteiger partial charge in [0.1, 0.15) is 0 Å². The van der Waals surface area contributed by atoms with Gasteiger partial charge in [0.05, 0.1) is 23.6 Å². The SMILES string of the molecule is CCCNC(c1ncc(Br)cc1Br)c1cnnn1CCC. The van der Waals surface area contributed by atoms with Crippen molar-refractivity contribution in [1.82, 2.24) is 25.3 Å². The van der Waals surface area contributed by atoms with E-state index in [1.807, 2.05) is 23.1 Å². The van der Waals surface area contributed by atoms with E-state index in [-0.39, 0.29) is 6.04 Å². The molecule has 7 heteroatoms. The molecule has 0 bridgehead atoms. The monoisotopic (exact) mass is 415 g/mol. The Hall–Kier alpha value is -0.790. The molecule has 114 valence electrons. The molecule has 1 N–H and O–H groups in total. The molecule has 0 saturated carbocycles. The van der Waals surface area contributed by atoms with Crippen molar-refractivity contribution in [3.63, 3.8) is 0 Å². The van der Waals surface area contributed by atoms with Gasteiger partial charge in [-0.3, -0.25) is 4.98 Å². The van der Waals surface area contributed by atoms with Crippen molar-refractivity contribution in [2.24, 2.45) is 0 Å². The normalized spacial score (nSPS) is 12.6. The van der Waals surface area contributed by atoms with Gasteiger partial charge in [-0.15, -0.1) is 5.10 Å². The van der Waals surface area contributed by atoms with E-state index in [0.717, 1.165) is 46.3 Å². The van der Waals surface area contributed by atoms with E-state index in [4.69, 9.17) is 0 Å². The number of hydrogen-bond donors (Lipinski definition) is 1. The highest BCUT2D eigenvalue weighted by Gasteiger charge is 2.22. The Morgan fingerprint density at radius 2 is 2.05 bits per heavy atom. The molecule has 1 unspecified atom stereocenters. The highest BCUT2D eigenvalue weighted by atomic mass is 79.9. The number of nitrogens with zero attached hydrogens (tertiary/aromatic N) is 4. The van der Waals surface area contributed by atoms with E-state index in [0.29, 0.717) is 0 Å². The summed E-state index contributed by atoms with van der Waals surface area (Å²) in [4.78, 5) is 4.56. The van der Waals surface area contributed by atoms with Crippen molar-refractivity contribution in [2.45, 2.75) is 39.3 Å². The molecule has 21 heavy (non-hydrogen) atoms. The molecule has 2 rings (SSSR count). The third kappa shape index (κ3) is 4.11. The minimum atomic E-state index is -0.0195. The van der Waals surface area contributed by atoms with Gasteiger partial charge in [-0.05, 0) is 57.3 Å². The van der Waals surface area contributed by atoms with Gasteiger partial charge >= 0.3 is 0 Å². The first kappa shape index (κ1) is 16.6. The second kappa shape index (κ2) is 8.00. The molecule has 2 aromatic rings. The van der Waals surface area contributed by atoms with Crippen LogP contribution in [-0.4, -0.2) is 26.5 Å². The molecule has 0 radical (unpaired) electrons. The summed E-state index contributed by atoms with van der Waals surface area (Å²) in [5.41, 5.74) is 1.99. The first-order valence-electron chi connectivity index (χ1n) is 7.10. The Kier molecular flexibility index (Phi) is 6.32. The van der Waals surface area contributed by atoms with Gasteiger partial charge in [0.25, 0.3) is 0 Å². The molecule has 2 heterocycles. The summed E-state index contributed by atoms with van der Waals surface area (Å²) in [5.74, 6) is 0. The lowest BCUT2D eigenvalue weighted by molar-refractivity contribution is 0.498. The highest BCUT2D eigenvalue weighted by molar-refractivity contribution is 9.11. The molecule has 0 aliphatic rings. The number of nitrogens with one attached hydrogen (secondary N) is 1. The second-order valence-corrected chi connectivity index (χ2v) is 6.56. The maximum atomic E-state index is 4.56. The van der Waals surface area contributed by atoms with Gasteiger partial charge in [0.15, 0.2) is 0 Å². The van der Waals surface area contributed by atoms with Crippen molar-refractivity contribution in [3.8, 4) is 0 Å². The van der Waals surface area contributed by atoms with Crippen molar-refractivity contribution in [2.75, 3.05) is 6.54 Å². The van der Waals surface area contributed by atoms with Crippen LogP contribution in [0.3, 0.4) is 0 Å². The van der Waals surface area contributed by atoms with Gasteiger partial charge in [-0.25, -0.2) is 4.68 Å². The largest absolute Gasteiger partial charge is 0.304 e. The fraction of sp³-hybridized carbons (Fsp3) is 0.500. The number of hydrogen-bond acceptors (Lipinski definition) is 4. The summed E-state index contributed by atoms with van der Waals surface area (Å²) in [6.45, 7) is 6.05. The van der Waals surface area contributed by atoms with Crippen LogP contribution in [0.5, 0.6) is 0 Å². The molecule has 0 aromatic carbocycles. The third-order valence-corrected chi connectivity index (χ3v) is 4.16. The van der Waals surface area contributed by atoms with E-state index < -0.39 is 0 Å². The summed E-state index contributed by atoms with van der Waals surface area (Å²) in [6.07, 6.45) is 5.71. The lowest BCUT2D eigenvalue weighted by atomic mass is 10.1. The van der Waals surface area contributed by atoms with Gasteiger partial charge in [0, 0.05) is 21.7 Å². The van der Waals surface area contributed by atoms with E-state index >= 15 is 0 Å². The van der Waals surface area contributed by atoms with Crippen LogP contribution in [0.15, 0.2) is 27.4 Å². The van der Waals surface area contributed by atoms with Crippen molar-refractivity contribution >= 4 is 31.9 Å². The maximum Gasteiger partial charge on any atom is 0.0949 e. The molecule has 2 aromatic heterocycles. The third-order valence-electron chi connectivity index (χ3n) is 3.09. The Labute approximate surface area is 141 Å². The predicted molar refractivity (Wildman–Crippen MR) is 90.1 cm³/mol. The van der Waals surface area contributed by atoms with Crippen LogP contribution in [0.1, 0.15) is 44.1 Å². The predicted octanol–water partition coefficient (Wildman–Crippen LogP) is 3.70. The molecule has 0 aliphatic carbocycles. The van der Waals surface area contributed by atoms with Crippen molar-refractivity contribution in [3.05, 3.63) is 38.8 Å². The molecular weight excluding hydrogens is 398 g/mol. The smallest absolute Gasteiger partial charge is 0.0949 e. The average Bonchev–Trinajstić information content (AvgIpc) is 2.90. The molecule has 0 fully saturated rings. The number of rotatable bonds is 7. The Bertz CT molecular complexity index is 584. The van der Waals surface area contributed by atoms with E-state index in [2.05, 4.69) is 66.3 Å². The molecule has 0 saturated heterocycles. The summed E-state index contributed by atoms with van der Waals surface area (Å²) in [7, 11) is 0. The molecule has 0 aliphatic heterocycles. The van der Waals surface area contributed by atoms with Crippen molar-refractivity contribution in [1.29, 1.82) is 0 Å². The lowest BCUT2D eigenvalue weighted by Gasteiger charge is -2.20. The fourth-order valence-corrected chi connectivity index (χ4v) is 3.36. The first-order chi connectivity index (χ1) is 10.2. The maximum absolute atomic E-state index is 4.56. The zero-order valence-electron chi connectivity index (χ0n) is 12.2. The number of aromatic nitrogens is 4. The zero-order chi connectivity index (χ0) is 15.2. The number of halogens is 2.